The minimum Gasteiger partial charge on any atom is -0.484 e. The van der Waals surface area contributed by atoms with E-state index in [9.17, 15) is 14.0 Å². The van der Waals surface area contributed by atoms with Crippen molar-refractivity contribution >= 4 is 23.4 Å². The third-order valence-electron chi connectivity index (χ3n) is 6.02. The van der Waals surface area contributed by atoms with Gasteiger partial charge in [0.15, 0.2) is 12.7 Å². The van der Waals surface area contributed by atoms with Crippen molar-refractivity contribution < 1.29 is 23.5 Å². The molecule has 0 saturated heterocycles. The number of carbonyl (C=O) groups excluding carboxylic acids is 2. The molecular weight excluding hydrogens is 411 g/mol. The number of hydrogen-bond donors (Lipinski definition) is 2. The quantitative estimate of drug-likeness (QED) is 0.739. The van der Waals surface area contributed by atoms with E-state index >= 15 is 0 Å². The van der Waals surface area contributed by atoms with Gasteiger partial charge in [-0.05, 0) is 43.0 Å². The molecule has 1 atom stereocenters. The Labute approximate surface area is 177 Å². The Morgan fingerprint density at radius 1 is 1.13 bits per heavy atom. The summed E-state index contributed by atoms with van der Waals surface area (Å²) >= 11 is 5.63. The molecule has 2 aromatic carbocycles. The van der Waals surface area contributed by atoms with Crippen molar-refractivity contribution in [3.8, 4) is 11.5 Å². The lowest BCUT2D eigenvalue weighted by atomic mass is 9.44. The van der Waals surface area contributed by atoms with E-state index in [1.165, 1.54) is 12.1 Å². The van der Waals surface area contributed by atoms with E-state index in [2.05, 4.69) is 10.6 Å². The van der Waals surface area contributed by atoms with Gasteiger partial charge in [-0.3, -0.25) is 9.59 Å². The van der Waals surface area contributed by atoms with Crippen LogP contribution in [0.2, 0.25) is 5.02 Å². The summed E-state index contributed by atoms with van der Waals surface area (Å²) in [6.45, 7) is -0.212. The molecule has 2 aromatic rings. The third-order valence-corrected chi connectivity index (χ3v) is 6.33. The van der Waals surface area contributed by atoms with Gasteiger partial charge in [0.1, 0.15) is 17.3 Å². The van der Waals surface area contributed by atoms with Crippen molar-refractivity contribution in [1.29, 1.82) is 0 Å². The second-order valence-electron chi connectivity index (χ2n) is 8.41. The van der Waals surface area contributed by atoms with E-state index < -0.39 is 11.9 Å². The molecule has 0 radical (unpaired) electrons. The van der Waals surface area contributed by atoms with Crippen LogP contribution in [-0.2, 0) is 16.0 Å². The molecule has 2 N–H and O–H groups in total. The first kappa shape index (κ1) is 19.2. The highest BCUT2D eigenvalue weighted by Gasteiger charge is 2.69. The molecule has 1 aliphatic heterocycles. The molecule has 3 aliphatic carbocycles. The molecule has 6 rings (SSSR count). The molecule has 1 heterocycles. The van der Waals surface area contributed by atoms with Crippen molar-refractivity contribution in [2.24, 2.45) is 0 Å². The highest BCUT2D eigenvalue weighted by atomic mass is 35.5. The van der Waals surface area contributed by atoms with E-state index in [4.69, 9.17) is 21.1 Å². The SMILES string of the molecule is O=C(COc1ccc(Cl)c(F)c1)NC12CC(NC(=O)C3Cc4ccccc4O3)(C1)C2. The minimum absolute atomic E-state index is 0.0000949. The second-order valence-corrected chi connectivity index (χ2v) is 8.82. The molecule has 2 bridgehead atoms. The average molecular weight is 431 g/mol. The molecule has 8 heteroatoms. The Bertz CT molecular complexity index is 999. The number of para-hydroxylation sites is 1. The number of ether oxygens (including phenoxy) is 2. The second kappa shape index (κ2) is 6.87. The molecule has 2 amide bonds. The van der Waals surface area contributed by atoms with Gasteiger partial charge >= 0.3 is 0 Å². The van der Waals surface area contributed by atoms with Crippen molar-refractivity contribution in [1.82, 2.24) is 10.6 Å². The van der Waals surface area contributed by atoms with Crippen LogP contribution in [0.25, 0.3) is 0 Å². The van der Waals surface area contributed by atoms with Crippen LogP contribution in [0, 0.1) is 5.82 Å². The van der Waals surface area contributed by atoms with Crippen molar-refractivity contribution in [2.75, 3.05) is 6.61 Å². The van der Waals surface area contributed by atoms with Gasteiger partial charge in [0.2, 0.25) is 0 Å². The Morgan fingerprint density at radius 3 is 2.60 bits per heavy atom. The zero-order valence-corrected chi connectivity index (χ0v) is 16.8. The molecule has 3 saturated carbocycles. The van der Waals surface area contributed by atoms with Gasteiger partial charge < -0.3 is 20.1 Å². The van der Waals surface area contributed by atoms with E-state index in [0.717, 1.165) is 17.4 Å². The summed E-state index contributed by atoms with van der Waals surface area (Å²) in [5.74, 6) is 0.0185. The number of benzene rings is 2. The number of hydrogen-bond acceptors (Lipinski definition) is 4. The molecule has 4 aliphatic rings. The summed E-state index contributed by atoms with van der Waals surface area (Å²) in [4.78, 5) is 24.8. The summed E-state index contributed by atoms with van der Waals surface area (Å²) < 4.78 is 24.5. The van der Waals surface area contributed by atoms with Gasteiger partial charge in [0.25, 0.3) is 11.8 Å². The monoisotopic (exact) mass is 430 g/mol. The Balaban J connectivity index is 1.07. The number of nitrogens with one attached hydrogen (secondary N) is 2. The molecule has 0 aromatic heterocycles. The smallest absolute Gasteiger partial charge is 0.261 e. The fourth-order valence-corrected chi connectivity index (χ4v) is 4.89. The maximum absolute atomic E-state index is 13.4. The molecule has 30 heavy (non-hydrogen) atoms. The predicted octanol–water partition coefficient (Wildman–Crippen LogP) is 2.77. The van der Waals surface area contributed by atoms with Crippen molar-refractivity contribution in [3.05, 3.63) is 58.9 Å². The zero-order chi connectivity index (χ0) is 20.9. The third kappa shape index (κ3) is 3.37. The molecule has 0 spiro atoms. The minimum atomic E-state index is -0.596. The Morgan fingerprint density at radius 2 is 1.87 bits per heavy atom. The van der Waals surface area contributed by atoms with Gasteiger partial charge in [0.05, 0.1) is 5.02 Å². The normalized spacial score (nSPS) is 27.7. The van der Waals surface area contributed by atoms with Crippen LogP contribution in [0.1, 0.15) is 24.8 Å². The van der Waals surface area contributed by atoms with Gasteiger partial charge in [-0.1, -0.05) is 29.8 Å². The lowest BCUT2D eigenvalue weighted by molar-refractivity contribution is -0.153. The first-order chi connectivity index (χ1) is 14.4. The predicted molar refractivity (Wildman–Crippen MR) is 107 cm³/mol. The van der Waals surface area contributed by atoms with Crippen LogP contribution in [0.3, 0.4) is 0 Å². The van der Waals surface area contributed by atoms with Crippen LogP contribution in [0.4, 0.5) is 4.39 Å². The number of halogens is 2. The van der Waals surface area contributed by atoms with Crippen molar-refractivity contribution in [3.63, 3.8) is 0 Å². The van der Waals surface area contributed by atoms with Gasteiger partial charge in [-0.25, -0.2) is 4.39 Å². The lowest BCUT2D eigenvalue weighted by Crippen LogP contribution is -2.84. The largest absolute Gasteiger partial charge is 0.484 e. The standard InChI is InChI=1S/C22H20ClFN2O4/c23-15-6-5-14(8-16(15)24)29-9-19(27)25-21-10-22(11-21,12-21)26-20(28)18-7-13-3-1-2-4-17(13)30-18/h1-6,8,18H,7,9-12H2,(H,25,27)(H,26,28). The van der Waals surface area contributed by atoms with Crippen molar-refractivity contribution in [2.45, 2.75) is 42.9 Å². The maximum atomic E-state index is 13.4. The first-order valence-corrected chi connectivity index (χ1v) is 10.2. The Hall–Kier alpha value is -2.80. The number of amides is 2. The molecular formula is C22H20ClFN2O4. The first-order valence-electron chi connectivity index (χ1n) is 9.81. The van der Waals surface area contributed by atoms with E-state index in [-0.39, 0.29) is 40.3 Å². The highest BCUT2D eigenvalue weighted by Crippen LogP contribution is 2.60. The van der Waals surface area contributed by atoms with Crippen LogP contribution in [0.15, 0.2) is 42.5 Å². The molecule has 3 fully saturated rings. The average Bonchev–Trinajstić information content (AvgIpc) is 3.10. The summed E-state index contributed by atoms with van der Waals surface area (Å²) in [6, 6.07) is 11.7. The van der Waals surface area contributed by atoms with E-state index in [0.29, 0.717) is 25.7 Å². The fraction of sp³-hybridized carbons (Fsp3) is 0.364. The van der Waals surface area contributed by atoms with E-state index in [1.54, 1.807) is 0 Å². The van der Waals surface area contributed by atoms with Crippen LogP contribution < -0.4 is 20.1 Å². The van der Waals surface area contributed by atoms with Crippen LogP contribution in [0.5, 0.6) is 11.5 Å². The lowest BCUT2D eigenvalue weighted by Gasteiger charge is -2.70. The van der Waals surface area contributed by atoms with E-state index in [1.807, 2.05) is 24.3 Å². The molecule has 156 valence electrons. The van der Waals surface area contributed by atoms with Gasteiger partial charge in [-0.15, -0.1) is 0 Å². The topological polar surface area (TPSA) is 76.7 Å². The summed E-state index contributed by atoms with van der Waals surface area (Å²) in [7, 11) is 0. The highest BCUT2D eigenvalue weighted by molar-refractivity contribution is 6.30. The fourth-order valence-electron chi connectivity index (χ4n) is 4.77. The van der Waals surface area contributed by atoms with Crippen LogP contribution in [-0.4, -0.2) is 35.6 Å². The van der Waals surface area contributed by atoms with Crippen LogP contribution >= 0.6 is 11.6 Å². The van der Waals surface area contributed by atoms with Gasteiger partial charge in [0, 0.05) is 23.6 Å². The molecule has 1 unspecified atom stereocenters. The molecule has 6 nitrogen and oxygen atoms in total. The Kier molecular flexibility index (Phi) is 4.39. The number of carbonyl (C=O) groups is 2. The maximum Gasteiger partial charge on any atom is 0.261 e. The number of rotatable bonds is 6. The summed E-state index contributed by atoms with van der Waals surface area (Å²) in [5, 5.41) is 6.07. The summed E-state index contributed by atoms with van der Waals surface area (Å²) in [6.07, 6.45) is 2.13. The van der Waals surface area contributed by atoms with Gasteiger partial charge in [-0.2, -0.15) is 0 Å². The number of fused-ring (bicyclic) bond motifs is 1. The summed E-state index contributed by atoms with van der Waals surface area (Å²) in [5.41, 5.74) is 0.487. The zero-order valence-electron chi connectivity index (χ0n) is 16.0.